The van der Waals surface area contributed by atoms with Crippen molar-refractivity contribution in [3.63, 3.8) is 0 Å². The number of nitrogens with one attached hydrogen (secondary N) is 2. The van der Waals surface area contributed by atoms with Crippen molar-refractivity contribution in [2.24, 2.45) is 7.05 Å². The predicted molar refractivity (Wildman–Crippen MR) is 113 cm³/mol. The molecule has 0 spiro atoms. The molecule has 4 rings (SSSR count). The molecule has 0 bridgehead atoms. The summed E-state index contributed by atoms with van der Waals surface area (Å²) >= 11 is 0. The van der Waals surface area contributed by atoms with Crippen molar-refractivity contribution in [3.05, 3.63) is 66.0 Å². The Labute approximate surface area is 168 Å². The first-order valence-corrected chi connectivity index (χ1v) is 10.4. The van der Waals surface area contributed by atoms with Crippen LogP contribution in [0.25, 0.3) is 11.0 Å². The summed E-state index contributed by atoms with van der Waals surface area (Å²) in [4.78, 5) is 9.14. The van der Waals surface area contributed by atoms with Gasteiger partial charge in [-0.1, -0.05) is 29.8 Å². The zero-order chi connectivity index (χ0) is 20.6. The number of aromatic nitrogens is 4. The van der Waals surface area contributed by atoms with Gasteiger partial charge in [0.15, 0.2) is 11.6 Å². The van der Waals surface area contributed by atoms with E-state index in [0.29, 0.717) is 16.9 Å². The van der Waals surface area contributed by atoms with E-state index in [1.165, 1.54) is 17.1 Å². The average molecular weight is 408 g/mol. The number of nitrogens with zero attached hydrogens (tertiary/aromatic N) is 4. The van der Waals surface area contributed by atoms with Crippen LogP contribution in [-0.2, 0) is 17.1 Å². The number of rotatable bonds is 5. The first-order valence-electron chi connectivity index (χ1n) is 8.94. The zero-order valence-electron chi connectivity index (χ0n) is 16.2. The van der Waals surface area contributed by atoms with Gasteiger partial charge in [-0.25, -0.2) is 18.4 Å². The molecule has 0 unspecified atom stereocenters. The number of fused-ring (bicyclic) bond motifs is 1. The topological polar surface area (TPSA) is 102 Å². The first-order chi connectivity index (χ1) is 13.8. The number of anilines is 3. The van der Waals surface area contributed by atoms with Gasteiger partial charge in [0.25, 0.3) is 10.0 Å². The van der Waals surface area contributed by atoms with Gasteiger partial charge >= 0.3 is 0 Å². The van der Waals surface area contributed by atoms with Gasteiger partial charge in [-0.3, -0.25) is 9.40 Å². The van der Waals surface area contributed by atoms with E-state index in [1.54, 1.807) is 13.1 Å². The highest BCUT2D eigenvalue weighted by Gasteiger charge is 2.20. The number of sulfonamides is 1. The van der Waals surface area contributed by atoms with Gasteiger partial charge in [0.2, 0.25) is 0 Å². The highest BCUT2D eigenvalue weighted by atomic mass is 32.2. The molecule has 29 heavy (non-hydrogen) atoms. The second-order valence-corrected chi connectivity index (χ2v) is 8.49. The quantitative estimate of drug-likeness (QED) is 0.524. The third kappa shape index (κ3) is 3.90. The summed E-state index contributed by atoms with van der Waals surface area (Å²) in [6, 6.07) is 13.2. The molecule has 0 amide bonds. The van der Waals surface area contributed by atoms with Gasteiger partial charge in [0.1, 0.15) is 4.90 Å². The average Bonchev–Trinajstić information content (AvgIpc) is 3.11. The lowest BCUT2D eigenvalue weighted by Gasteiger charge is -2.15. The van der Waals surface area contributed by atoms with Crippen molar-refractivity contribution in [1.29, 1.82) is 0 Å². The maximum absolute atomic E-state index is 12.8. The molecule has 2 heterocycles. The van der Waals surface area contributed by atoms with Crippen LogP contribution in [0.1, 0.15) is 11.1 Å². The van der Waals surface area contributed by atoms with Gasteiger partial charge in [0, 0.05) is 18.9 Å². The summed E-state index contributed by atoms with van der Waals surface area (Å²) in [6.07, 6.45) is 2.71. The fourth-order valence-corrected chi connectivity index (χ4v) is 3.96. The van der Waals surface area contributed by atoms with Crippen LogP contribution in [-0.4, -0.2) is 28.2 Å². The van der Waals surface area contributed by atoms with Crippen LogP contribution in [0.2, 0.25) is 0 Å². The smallest absolute Gasteiger partial charge is 0.266 e. The Balaban J connectivity index is 1.80. The molecule has 2 N–H and O–H groups in total. The van der Waals surface area contributed by atoms with E-state index in [4.69, 9.17) is 0 Å². The minimum Gasteiger partial charge on any atom is -0.337 e. The second-order valence-electron chi connectivity index (χ2n) is 6.81. The van der Waals surface area contributed by atoms with Crippen molar-refractivity contribution >= 4 is 38.4 Å². The van der Waals surface area contributed by atoms with Crippen molar-refractivity contribution < 1.29 is 8.42 Å². The number of para-hydroxylation sites is 2. The van der Waals surface area contributed by atoms with Crippen LogP contribution >= 0.6 is 0 Å². The monoisotopic (exact) mass is 408 g/mol. The highest BCUT2D eigenvalue weighted by molar-refractivity contribution is 7.92. The van der Waals surface area contributed by atoms with Crippen molar-refractivity contribution in [2.75, 3.05) is 10.0 Å². The number of hydrogen-bond donors (Lipinski definition) is 2. The number of aryl methyl sites for hydroxylation is 3. The van der Waals surface area contributed by atoms with E-state index in [0.717, 1.165) is 16.8 Å². The van der Waals surface area contributed by atoms with E-state index in [2.05, 4.69) is 25.1 Å². The largest absolute Gasteiger partial charge is 0.337 e. The molecule has 2 aromatic heterocycles. The van der Waals surface area contributed by atoms with E-state index >= 15 is 0 Å². The van der Waals surface area contributed by atoms with Gasteiger partial charge in [-0.05, 0) is 37.6 Å². The Morgan fingerprint density at radius 3 is 2.28 bits per heavy atom. The SMILES string of the molecule is Cc1ccc(Nc2nc3ccccc3nc2NS(=O)(=O)c2cnn(C)c2)c(C)c1. The van der Waals surface area contributed by atoms with Crippen LogP contribution in [0, 0.1) is 13.8 Å². The van der Waals surface area contributed by atoms with Crippen LogP contribution in [0.3, 0.4) is 0 Å². The fourth-order valence-electron chi connectivity index (χ4n) is 2.96. The molecule has 0 aliphatic carbocycles. The maximum atomic E-state index is 12.8. The van der Waals surface area contributed by atoms with E-state index in [9.17, 15) is 8.42 Å². The van der Waals surface area contributed by atoms with E-state index < -0.39 is 10.0 Å². The molecule has 2 aromatic carbocycles. The van der Waals surface area contributed by atoms with Gasteiger partial charge < -0.3 is 5.32 Å². The molecule has 148 valence electrons. The van der Waals surface area contributed by atoms with Gasteiger partial charge in [-0.2, -0.15) is 5.10 Å². The standard InChI is InChI=1S/C20H20N6O2S/c1-13-8-9-16(14(2)10-13)22-19-20(24-18-7-5-4-6-17(18)23-19)25-29(27,28)15-11-21-26(3)12-15/h4-12H,1-3H3,(H,22,23)(H,24,25). The second kappa shape index (κ2) is 7.17. The summed E-state index contributed by atoms with van der Waals surface area (Å²) < 4.78 is 29.6. The molecule has 0 saturated heterocycles. The van der Waals surface area contributed by atoms with E-state index in [-0.39, 0.29) is 10.7 Å². The van der Waals surface area contributed by atoms with Crippen LogP contribution < -0.4 is 10.0 Å². The Morgan fingerprint density at radius 1 is 0.966 bits per heavy atom. The molecule has 0 saturated carbocycles. The maximum Gasteiger partial charge on any atom is 0.266 e. The first kappa shape index (κ1) is 18.9. The molecule has 0 aliphatic rings. The van der Waals surface area contributed by atoms with Crippen molar-refractivity contribution in [2.45, 2.75) is 18.7 Å². The molecular formula is C20H20N6O2S. The highest BCUT2D eigenvalue weighted by Crippen LogP contribution is 2.28. The number of benzene rings is 2. The Morgan fingerprint density at radius 2 is 1.66 bits per heavy atom. The van der Waals surface area contributed by atoms with Gasteiger partial charge in [-0.15, -0.1) is 0 Å². The lowest BCUT2D eigenvalue weighted by Crippen LogP contribution is -2.15. The lowest BCUT2D eigenvalue weighted by molar-refractivity contribution is 0.601. The molecule has 8 nitrogen and oxygen atoms in total. The van der Waals surface area contributed by atoms with Crippen LogP contribution in [0.15, 0.2) is 59.8 Å². The van der Waals surface area contributed by atoms with E-state index in [1.807, 2.05) is 50.2 Å². The minimum atomic E-state index is -3.87. The lowest BCUT2D eigenvalue weighted by atomic mass is 10.1. The minimum absolute atomic E-state index is 0.0485. The predicted octanol–water partition coefficient (Wildman–Crippen LogP) is 3.52. The number of hydrogen-bond acceptors (Lipinski definition) is 6. The third-order valence-electron chi connectivity index (χ3n) is 4.43. The molecule has 4 aromatic rings. The zero-order valence-corrected chi connectivity index (χ0v) is 17.0. The summed E-state index contributed by atoms with van der Waals surface area (Å²) in [6.45, 7) is 3.99. The van der Waals surface area contributed by atoms with Crippen molar-refractivity contribution in [1.82, 2.24) is 19.7 Å². The van der Waals surface area contributed by atoms with Gasteiger partial charge in [0.05, 0.1) is 17.2 Å². The van der Waals surface area contributed by atoms with Crippen molar-refractivity contribution in [3.8, 4) is 0 Å². The Bertz CT molecular complexity index is 1310. The van der Waals surface area contributed by atoms with Crippen LogP contribution in [0.4, 0.5) is 17.3 Å². The molecule has 0 fully saturated rings. The molecule has 0 radical (unpaired) electrons. The summed E-state index contributed by atoms with van der Waals surface area (Å²) in [5.41, 5.74) is 4.21. The normalized spacial score (nSPS) is 11.6. The Hall–Kier alpha value is -3.46. The Kier molecular flexibility index (Phi) is 4.67. The molecule has 9 heteroatoms. The fraction of sp³-hybridized carbons (Fsp3) is 0.150. The molecule has 0 aliphatic heterocycles. The molecular weight excluding hydrogens is 388 g/mol. The third-order valence-corrected chi connectivity index (χ3v) is 5.72. The summed E-state index contributed by atoms with van der Waals surface area (Å²) in [5.74, 6) is 0.440. The van der Waals surface area contributed by atoms with Crippen LogP contribution in [0.5, 0.6) is 0 Å². The molecule has 0 atom stereocenters. The summed E-state index contributed by atoms with van der Waals surface area (Å²) in [7, 11) is -2.21. The summed E-state index contributed by atoms with van der Waals surface area (Å²) in [5, 5.41) is 7.15.